The molecule has 8 heteroatoms. The molecule has 4 nitrogen and oxygen atoms in total. The number of carbonyl (C=O) groups excluding carboxylic acids is 1. The highest BCUT2D eigenvalue weighted by Crippen LogP contribution is 2.28. The topological polar surface area (TPSA) is 44.1 Å². The van der Waals surface area contributed by atoms with Gasteiger partial charge in [-0.3, -0.25) is 4.79 Å². The van der Waals surface area contributed by atoms with E-state index >= 15 is 0 Å². The molecule has 20 heavy (non-hydrogen) atoms. The van der Waals surface area contributed by atoms with Gasteiger partial charge in [-0.15, -0.1) is 0 Å². The van der Waals surface area contributed by atoms with Crippen molar-refractivity contribution in [3.8, 4) is 0 Å². The molecule has 0 N–H and O–H groups in total. The molecule has 0 bridgehead atoms. The van der Waals surface area contributed by atoms with E-state index in [-0.39, 0.29) is 16.6 Å². The number of hydrogen-bond acceptors (Lipinski definition) is 4. The van der Waals surface area contributed by atoms with Gasteiger partial charge in [0.25, 0.3) is 6.43 Å². The van der Waals surface area contributed by atoms with Crippen LogP contribution in [0.3, 0.4) is 0 Å². The number of rotatable bonds is 3. The minimum absolute atomic E-state index is 0.210. The number of hydrogen-bond donors (Lipinski definition) is 0. The lowest BCUT2D eigenvalue weighted by atomic mass is 10.1. The Morgan fingerprint density at radius 1 is 1.50 bits per heavy atom. The van der Waals surface area contributed by atoms with Gasteiger partial charge in [0.05, 0.1) is 7.11 Å². The Bertz CT molecular complexity index is 733. The number of aromatic nitrogens is 2. The Morgan fingerprint density at radius 2 is 2.20 bits per heavy atom. The van der Waals surface area contributed by atoms with E-state index in [1.54, 1.807) is 12.1 Å². The summed E-state index contributed by atoms with van der Waals surface area (Å²) in [6.07, 6.45) is -2.77. The molecule has 106 valence electrons. The van der Waals surface area contributed by atoms with Gasteiger partial charge in [0.15, 0.2) is 0 Å². The quantitative estimate of drug-likeness (QED) is 0.617. The Kier molecular flexibility index (Phi) is 4.44. The number of benzene rings is 1. The number of fused-ring (bicyclic) bond motifs is 1. The number of methoxy groups -OCH3 is 1. The summed E-state index contributed by atoms with van der Waals surface area (Å²) in [6.45, 7) is -0.305. The molecule has 0 fully saturated rings. The normalized spacial score (nSPS) is 11.1. The van der Waals surface area contributed by atoms with E-state index < -0.39 is 18.1 Å². The third-order valence-corrected chi connectivity index (χ3v) is 3.59. The third kappa shape index (κ3) is 2.85. The van der Waals surface area contributed by atoms with Crippen molar-refractivity contribution in [3.05, 3.63) is 33.0 Å². The summed E-state index contributed by atoms with van der Waals surface area (Å²) in [7, 11) is 1.21. The van der Waals surface area contributed by atoms with Crippen molar-refractivity contribution in [1.29, 1.82) is 0 Å². The van der Waals surface area contributed by atoms with Gasteiger partial charge in [0, 0.05) is 15.2 Å². The molecule has 1 heterocycles. The Morgan fingerprint density at radius 3 is 2.80 bits per heavy atom. The van der Waals surface area contributed by atoms with Crippen molar-refractivity contribution in [2.45, 2.75) is 13.0 Å². The Labute approximate surface area is 126 Å². The number of halogens is 3. The van der Waals surface area contributed by atoms with Crippen LogP contribution >= 0.6 is 28.1 Å². The third-order valence-electron chi connectivity index (χ3n) is 2.66. The molecule has 1 aromatic carbocycles. The van der Waals surface area contributed by atoms with Crippen molar-refractivity contribution < 1.29 is 18.3 Å². The number of carbonyl (C=O) groups is 1. The molecule has 0 unspecified atom stereocenters. The first kappa shape index (κ1) is 15.0. The first-order chi connectivity index (χ1) is 9.43. The molecule has 0 saturated heterocycles. The van der Waals surface area contributed by atoms with Crippen molar-refractivity contribution in [3.63, 3.8) is 0 Å². The van der Waals surface area contributed by atoms with Crippen molar-refractivity contribution in [2.24, 2.45) is 0 Å². The van der Waals surface area contributed by atoms with Crippen LogP contribution in [0.1, 0.15) is 12.1 Å². The first-order valence-electron chi connectivity index (χ1n) is 5.49. The van der Waals surface area contributed by atoms with Gasteiger partial charge in [-0.05, 0) is 12.1 Å². The second kappa shape index (κ2) is 5.92. The van der Waals surface area contributed by atoms with E-state index in [0.717, 1.165) is 4.68 Å². The van der Waals surface area contributed by atoms with Crippen LogP contribution < -0.4 is 0 Å². The molecule has 0 aliphatic rings. The van der Waals surface area contributed by atoms with E-state index in [4.69, 9.17) is 12.2 Å². The molecular formula is C12H9BrF2N2O2S. The highest BCUT2D eigenvalue weighted by atomic mass is 79.9. The molecule has 0 spiro atoms. The smallest absolute Gasteiger partial charge is 0.327 e. The van der Waals surface area contributed by atoms with Crippen LogP contribution in [0.25, 0.3) is 10.8 Å². The van der Waals surface area contributed by atoms with E-state index in [0.29, 0.717) is 9.86 Å². The summed E-state index contributed by atoms with van der Waals surface area (Å²) in [6, 6.07) is 4.83. The minimum atomic E-state index is -2.77. The standard InChI is InChI=1S/C12H9BrF2N2O2S/c1-19-9(18)5-17-12(20)7-3-2-6(13)4-8(7)10(16-17)11(14)15/h2-4,11H,5H2,1H3. The summed E-state index contributed by atoms with van der Waals surface area (Å²) < 4.78 is 32.6. The van der Waals surface area contributed by atoms with E-state index in [2.05, 4.69) is 25.8 Å². The number of ether oxygens (including phenoxy) is 1. The van der Waals surface area contributed by atoms with Crippen LogP contribution in [0.15, 0.2) is 22.7 Å². The molecular weight excluding hydrogens is 354 g/mol. The summed E-state index contributed by atoms with van der Waals surface area (Å²) in [5, 5.41) is 4.48. The van der Waals surface area contributed by atoms with Gasteiger partial charge in [-0.1, -0.05) is 34.2 Å². The highest BCUT2D eigenvalue weighted by molar-refractivity contribution is 9.10. The summed E-state index contributed by atoms with van der Waals surface area (Å²) in [5.74, 6) is -0.606. The second-order valence-electron chi connectivity index (χ2n) is 3.91. The van der Waals surface area contributed by atoms with Crippen LogP contribution in [0.2, 0.25) is 0 Å². The first-order valence-corrected chi connectivity index (χ1v) is 6.69. The maximum atomic E-state index is 13.1. The van der Waals surface area contributed by atoms with Crippen molar-refractivity contribution in [2.75, 3.05) is 7.11 Å². The zero-order valence-corrected chi connectivity index (χ0v) is 12.7. The predicted molar refractivity (Wildman–Crippen MR) is 75.2 cm³/mol. The van der Waals surface area contributed by atoms with Gasteiger partial charge >= 0.3 is 5.97 Å². The number of esters is 1. The lowest BCUT2D eigenvalue weighted by Crippen LogP contribution is -2.17. The van der Waals surface area contributed by atoms with Crippen molar-refractivity contribution in [1.82, 2.24) is 9.78 Å². The maximum absolute atomic E-state index is 13.1. The zero-order valence-electron chi connectivity index (χ0n) is 10.3. The molecule has 0 atom stereocenters. The SMILES string of the molecule is COC(=O)Cn1nc(C(F)F)c2cc(Br)ccc2c1=S. The number of alkyl halides is 2. The van der Waals surface area contributed by atoms with Crippen LogP contribution in [0.4, 0.5) is 8.78 Å². The molecule has 2 aromatic rings. The van der Waals surface area contributed by atoms with Gasteiger partial charge in [-0.25, -0.2) is 13.5 Å². The van der Waals surface area contributed by atoms with Gasteiger partial charge < -0.3 is 4.74 Å². The van der Waals surface area contributed by atoms with Crippen molar-refractivity contribution >= 4 is 44.9 Å². The predicted octanol–water partition coefficient (Wildman–Crippen LogP) is 3.64. The Balaban J connectivity index is 2.73. The molecule has 0 saturated carbocycles. The van der Waals surface area contributed by atoms with Crippen LogP contribution in [-0.4, -0.2) is 22.9 Å². The molecule has 0 aliphatic carbocycles. The molecule has 0 radical (unpaired) electrons. The van der Waals surface area contributed by atoms with Gasteiger partial charge in [-0.2, -0.15) is 5.10 Å². The fraction of sp³-hybridized carbons (Fsp3) is 0.250. The maximum Gasteiger partial charge on any atom is 0.327 e. The lowest BCUT2D eigenvalue weighted by Gasteiger charge is -2.11. The molecule has 0 amide bonds. The zero-order chi connectivity index (χ0) is 14.9. The highest BCUT2D eigenvalue weighted by Gasteiger charge is 2.18. The summed E-state index contributed by atoms with van der Waals surface area (Å²) >= 11 is 8.40. The lowest BCUT2D eigenvalue weighted by molar-refractivity contribution is -0.141. The largest absolute Gasteiger partial charge is 0.468 e. The molecule has 1 aromatic heterocycles. The minimum Gasteiger partial charge on any atom is -0.468 e. The van der Waals surface area contributed by atoms with Gasteiger partial charge in [0.1, 0.15) is 16.9 Å². The average Bonchev–Trinajstić information content (AvgIpc) is 2.41. The van der Waals surface area contributed by atoms with E-state index in [1.807, 2.05) is 0 Å². The number of nitrogens with zero attached hydrogens (tertiary/aromatic N) is 2. The molecule has 0 aliphatic heterocycles. The monoisotopic (exact) mass is 362 g/mol. The second-order valence-corrected chi connectivity index (χ2v) is 5.22. The summed E-state index contributed by atoms with van der Waals surface area (Å²) in [4.78, 5) is 11.3. The van der Waals surface area contributed by atoms with Crippen LogP contribution in [-0.2, 0) is 16.1 Å². The van der Waals surface area contributed by atoms with Crippen LogP contribution in [0.5, 0.6) is 0 Å². The Hall–Kier alpha value is -1.41. The van der Waals surface area contributed by atoms with E-state index in [9.17, 15) is 13.6 Å². The fourth-order valence-corrected chi connectivity index (χ4v) is 2.38. The average molecular weight is 363 g/mol. The van der Waals surface area contributed by atoms with Crippen LogP contribution in [0, 0.1) is 4.64 Å². The molecule has 2 rings (SSSR count). The summed E-state index contributed by atoms with van der Waals surface area (Å²) in [5.41, 5.74) is -0.418. The van der Waals surface area contributed by atoms with E-state index in [1.165, 1.54) is 13.2 Å². The van der Waals surface area contributed by atoms with Gasteiger partial charge in [0.2, 0.25) is 0 Å². The fourth-order valence-electron chi connectivity index (χ4n) is 1.74.